The molecule has 2 aromatic carbocycles. The molecule has 0 saturated carbocycles. The molecule has 0 aliphatic carbocycles. The zero-order chi connectivity index (χ0) is 16.9. The lowest BCUT2D eigenvalue weighted by Gasteiger charge is -2.15. The van der Waals surface area contributed by atoms with E-state index in [4.69, 9.17) is 9.47 Å². The third kappa shape index (κ3) is 3.90. The highest BCUT2D eigenvalue weighted by atomic mass is 19.1. The maximum Gasteiger partial charge on any atom is 0.349 e. The second kappa shape index (κ2) is 7.12. The first-order valence-corrected chi connectivity index (χ1v) is 7.61. The van der Waals surface area contributed by atoms with E-state index < -0.39 is 5.97 Å². The van der Waals surface area contributed by atoms with Gasteiger partial charge < -0.3 is 14.4 Å². The molecule has 1 aliphatic heterocycles. The Morgan fingerprint density at radius 3 is 2.33 bits per heavy atom. The number of anilines is 1. The van der Waals surface area contributed by atoms with Gasteiger partial charge in [-0.1, -0.05) is 0 Å². The van der Waals surface area contributed by atoms with E-state index in [1.807, 2.05) is 0 Å². The van der Waals surface area contributed by atoms with E-state index in [-0.39, 0.29) is 18.3 Å². The fourth-order valence-corrected chi connectivity index (χ4v) is 2.45. The van der Waals surface area contributed by atoms with Gasteiger partial charge in [-0.05, 0) is 55.0 Å². The van der Waals surface area contributed by atoms with Gasteiger partial charge in [0.25, 0.3) is 0 Å². The Labute approximate surface area is 138 Å². The summed E-state index contributed by atoms with van der Waals surface area (Å²) in [6.07, 6.45) is 1.42. The fraction of sp³-hybridized carbons (Fsp3) is 0.222. The van der Waals surface area contributed by atoms with Crippen LogP contribution >= 0.6 is 0 Å². The van der Waals surface area contributed by atoms with Gasteiger partial charge in [0.05, 0.1) is 0 Å². The molecular weight excluding hydrogens is 313 g/mol. The summed E-state index contributed by atoms with van der Waals surface area (Å²) < 4.78 is 23.2. The number of carbonyl (C=O) groups is 2. The van der Waals surface area contributed by atoms with Crippen LogP contribution in [0.3, 0.4) is 0 Å². The van der Waals surface area contributed by atoms with Gasteiger partial charge >= 0.3 is 5.97 Å². The zero-order valence-electron chi connectivity index (χ0n) is 12.9. The van der Waals surface area contributed by atoms with Crippen molar-refractivity contribution < 1.29 is 23.5 Å². The van der Waals surface area contributed by atoms with E-state index in [9.17, 15) is 14.0 Å². The average molecular weight is 329 g/mol. The SMILES string of the molecule is O=C(COc1ccc(F)cc1)Oc1ccc(N2CCCC2=O)cc1. The summed E-state index contributed by atoms with van der Waals surface area (Å²) in [5.41, 5.74) is 0.792. The summed E-state index contributed by atoms with van der Waals surface area (Å²) in [7, 11) is 0. The maximum absolute atomic E-state index is 12.8. The van der Waals surface area contributed by atoms with Crippen molar-refractivity contribution in [1.29, 1.82) is 0 Å². The molecule has 3 rings (SSSR count). The van der Waals surface area contributed by atoms with Crippen molar-refractivity contribution in [3.8, 4) is 11.5 Å². The van der Waals surface area contributed by atoms with Crippen LogP contribution in [0.5, 0.6) is 11.5 Å². The van der Waals surface area contributed by atoms with E-state index in [1.54, 1.807) is 29.2 Å². The van der Waals surface area contributed by atoms with E-state index in [0.29, 0.717) is 24.5 Å². The van der Waals surface area contributed by atoms with E-state index in [2.05, 4.69) is 0 Å². The van der Waals surface area contributed by atoms with Crippen molar-refractivity contribution in [2.75, 3.05) is 18.1 Å². The second-order valence-electron chi connectivity index (χ2n) is 5.36. The van der Waals surface area contributed by atoms with E-state index in [1.165, 1.54) is 24.3 Å². The minimum atomic E-state index is -0.565. The number of ether oxygens (including phenoxy) is 2. The van der Waals surface area contributed by atoms with E-state index in [0.717, 1.165) is 12.1 Å². The number of rotatable bonds is 5. The number of hydrogen-bond donors (Lipinski definition) is 0. The summed E-state index contributed by atoms with van der Waals surface area (Å²) in [5.74, 6) is -0.0763. The molecule has 5 nitrogen and oxygen atoms in total. The molecule has 2 aromatic rings. The van der Waals surface area contributed by atoms with Gasteiger partial charge in [0.2, 0.25) is 5.91 Å². The largest absolute Gasteiger partial charge is 0.482 e. The van der Waals surface area contributed by atoms with E-state index >= 15 is 0 Å². The van der Waals surface area contributed by atoms with Gasteiger partial charge in [-0.25, -0.2) is 9.18 Å². The van der Waals surface area contributed by atoms with Crippen LogP contribution in [0.2, 0.25) is 0 Å². The third-order valence-electron chi connectivity index (χ3n) is 3.62. The predicted molar refractivity (Wildman–Crippen MR) is 85.6 cm³/mol. The van der Waals surface area contributed by atoms with Crippen LogP contribution in [0.15, 0.2) is 48.5 Å². The molecule has 1 heterocycles. The Bertz CT molecular complexity index is 728. The highest BCUT2D eigenvalue weighted by Gasteiger charge is 2.21. The molecule has 0 bridgehead atoms. The van der Waals surface area contributed by atoms with Crippen LogP contribution in [-0.4, -0.2) is 25.0 Å². The maximum atomic E-state index is 12.8. The zero-order valence-corrected chi connectivity index (χ0v) is 12.9. The Morgan fingerprint density at radius 2 is 1.71 bits per heavy atom. The molecule has 1 fully saturated rings. The number of amides is 1. The highest BCUT2D eigenvalue weighted by Crippen LogP contribution is 2.24. The smallest absolute Gasteiger partial charge is 0.349 e. The Hall–Kier alpha value is -2.89. The van der Waals surface area contributed by atoms with Gasteiger partial charge in [-0.3, -0.25) is 4.79 Å². The van der Waals surface area contributed by atoms with Gasteiger partial charge in [0, 0.05) is 18.7 Å². The van der Waals surface area contributed by atoms with Crippen molar-refractivity contribution >= 4 is 17.6 Å². The first-order valence-electron chi connectivity index (χ1n) is 7.61. The Kier molecular flexibility index (Phi) is 4.74. The average Bonchev–Trinajstić information content (AvgIpc) is 3.01. The molecule has 1 amide bonds. The topological polar surface area (TPSA) is 55.8 Å². The Morgan fingerprint density at radius 1 is 1.04 bits per heavy atom. The lowest BCUT2D eigenvalue weighted by atomic mass is 10.3. The minimum Gasteiger partial charge on any atom is -0.482 e. The molecule has 0 spiro atoms. The lowest BCUT2D eigenvalue weighted by Crippen LogP contribution is -2.23. The molecule has 0 atom stereocenters. The van der Waals surface area contributed by atoms with Crippen LogP contribution in [-0.2, 0) is 9.59 Å². The van der Waals surface area contributed by atoms with Crippen molar-refractivity contribution in [2.45, 2.75) is 12.8 Å². The summed E-state index contributed by atoms with van der Waals surface area (Å²) in [5, 5.41) is 0. The summed E-state index contributed by atoms with van der Waals surface area (Å²) in [4.78, 5) is 25.2. The number of benzene rings is 2. The number of halogens is 1. The Balaban J connectivity index is 1.52. The summed E-state index contributed by atoms with van der Waals surface area (Å²) in [6, 6.07) is 12.1. The van der Waals surface area contributed by atoms with Crippen molar-refractivity contribution in [1.82, 2.24) is 0 Å². The molecule has 0 unspecified atom stereocenters. The van der Waals surface area contributed by atoms with Crippen molar-refractivity contribution in [3.63, 3.8) is 0 Å². The standard InChI is InChI=1S/C18H16FNO4/c19-13-3-7-15(8-4-13)23-12-18(22)24-16-9-5-14(6-10-16)20-11-1-2-17(20)21/h3-10H,1-2,11-12H2. The van der Waals surface area contributed by atoms with Crippen LogP contribution in [0.1, 0.15) is 12.8 Å². The quantitative estimate of drug-likeness (QED) is 0.625. The number of nitrogens with zero attached hydrogens (tertiary/aromatic N) is 1. The molecule has 0 N–H and O–H groups in total. The molecule has 124 valence electrons. The first kappa shape index (κ1) is 16.0. The number of carbonyl (C=O) groups excluding carboxylic acids is 2. The molecule has 0 aromatic heterocycles. The number of esters is 1. The van der Waals surface area contributed by atoms with Crippen LogP contribution in [0, 0.1) is 5.82 Å². The molecule has 6 heteroatoms. The third-order valence-corrected chi connectivity index (χ3v) is 3.62. The van der Waals surface area contributed by atoms with Crippen LogP contribution in [0.4, 0.5) is 10.1 Å². The molecule has 0 radical (unpaired) electrons. The second-order valence-corrected chi connectivity index (χ2v) is 5.36. The summed E-state index contributed by atoms with van der Waals surface area (Å²) in [6.45, 7) is 0.432. The van der Waals surface area contributed by atoms with Crippen molar-refractivity contribution in [3.05, 3.63) is 54.3 Å². The monoisotopic (exact) mass is 329 g/mol. The normalized spacial score (nSPS) is 13.9. The summed E-state index contributed by atoms with van der Waals surface area (Å²) >= 11 is 0. The highest BCUT2D eigenvalue weighted by molar-refractivity contribution is 5.95. The fourth-order valence-electron chi connectivity index (χ4n) is 2.45. The number of hydrogen-bond acceptors (Lipinski definition) is 4. The van der Waals surface area contributed by atoms with Gasteiger partial charge in [0.15, 0.2) is 6.61 Å². The minimum absolute atomic E-state index is 0.104. The van der Waals surface area contributed by atoms with Gasteiger partial charge in [-0.15, -0.1) is 0 Å². The van der Waals surface area contributed by atoms with Gasteiger partial charge in [-0.2, -0.15) is 0 Å². The van der Waals surface area contributed by atoms with Crippen LogP contribution in [0.25, 0.3) is 0 Å². The van der Waals surface area contributed by atoms with Gasteiger partial charge in [0.1, 0.15) is 17.3 Å². The molecule has 24 heavy (non-hydrogen) atoms. The molecule has 1 saturated heterocycles. The molecule has 1 aliphatic rings. The first-order chi connectivity index (χ1) is 11.6. The molecular formula is C18H16FNO4. The van der Waals surface area contributed by atoms with Crippen LogP contribution < -0.4 is 14.4 Å². The lowest BCUT2D eigenvalue weighted by molar-refractivity contribution is -0.136. The van der Waals surface area contributed by atoms with Crippen molar-refractivity contribution in [2.24, 2.45) is 0 Å². The predicted octanol–water partition coefficient (Wildman–Crippen LogP) is 2.94.